The summed E-state index contributed by atoms with van der Waals surface area (Å²) in [7, 11) is -4.60. The molecule has 1 fully saturated rings. The van der Waals surface area contributed by atoms with E-state index >= 15 is 0 Å². The Morgan fingerprint density at radius 2 is 0.983 bits per heavy atom. The maximum absolute atomic E-state index is 12.8. The predicted molar refractivity (Wildman–Crippen MR) is 229 cm³/mol. The van der Waals surface area contributed by atoms with Crippen molar-refractivity contribution in [1.29, 1.82) is 0 Å². The van der Waals surface area contributed by atoms with Crippen molar-refractivity contribution in [2.45, 2.75) is 230 Å². The van der Waals surface area contributed by atoms with Crippen LogP contribution in [0.4, 0.5) is 0 Å². The van der Waals surface area contributed by atoms with Crippen LogP contribution in [0.5, 0.6) is 0 Å². The van der Waals surface area contributed by atoms with Crippen molar-refractivity contribution in [3.8, 4) is 0 Å². The molecule has 58 heavy (non-hydrogen) atoms. The second-order valence-corrected chi connectivity index (χ2v) is 17.6. The van der Waals surface area contributed by atoms with Crippen LogP contribution in [-0.4, -0.2) is 96.0 Å². The van der Waals surface area contributed by atoms with Crippen LogP contribution >= 0.6 is 0 Å². The van der Waals surface area contributed by atoms with Gasteiger partial charge in [-0.2, -0.15) is 8.42 Å². The van der Waals surface area contributed by atoms with E-state index in [0.29, 0.717) is 12.8 Å². The molecular weight excluding hydrogens is 765 g/mol. The molecule has 1 heterocycles. The summed E-state index contributed by atoms with van der Waals surface area (Å²) < 4.78 is 54.0. The molecule has 4 N–H and O–H groups in total. The number of ether oxygens (including phenoxy) is 4. The molecule has 12 nitrogen and oxygen atoms in total. The summed E-state index contributed by atoms with van der Waals surface area (Å²) in [6.45, 7) is 3.73. The molecule has 0 aromatic carbocycles. The zero-order valence-electron chi connectivity index (χ0n) is 36.2. The lowest BCUT2D eigenvalue weighted by atomic mass is 10.00. The van der Waals surface area contributed by atoms with E-state index in [1.165, 1.54) is 89.9 Å². The van der Waals surface area contributed by atoms with E-state index in [-0.39, 0.29) is 19.4 Å². The Labute approximate surface area is 351 Å². The normalized spacial score (nSPS) is 20.6. The summed E-state index contributed by atoms with van der Waals surface area (Å²) in [5, 5.41) is 30.9. The summed E-state index contributed by atoms with van der Waals surface area (Å²) in [6.07, 6.45) is 29.3. The van der Waals surface area contributed by atoms with Gasteiger partial charge in [-0.1, -0.05) is 141 Å². The molecule has 1 rings (SSSR count). The molecule has 1 saturated heterocycles. The predicted octanol–water partition coefficient (Wildman–Crippen LogP) is 9.23. The number of carbonyl (C=O) groups excluding carboxylic acids is 2. The molecule has 0 amide bonds. The van der Waals surface area contributed by atoms with Crippen molar-refractivity contribution in [1.82, 2.24) is 0 Å². The van der Waals surface area contributed by atoms with Crippen LogP contribution in [0.25, 0.3) is 0 Å². The number of hydrogen-bond donors (Lipinski definition) is 4. The largest absolute Gasteiger partial charge is 0.462 e. The Morgan fingerprint density at radius 1 is 0.569 bits per heavy atom. The molecule has 0 aromatic heterocycles. The third kappa shape index (κ3) is 30.2. The quantitative estimate of drug-likeness (QED) is 0.0200. The lowest BCUT2D eigenvalue weighted by molar-refractivity contribution is -0.297. The molecule has 340 valence electrons. The van der Waals surface area contributed by atoms with Crippen molar-refractivity contribution >= 4 is 22.1 Å². The number of carbonyl (C=O) groups is 2. The molecule has 13 heteroatoms. The third-order valence-corrected chi connectivity index (χ3v) is 11.3. The number of aliphatic hydroxyl groups excluding tert-OH is 3. The van der Waals surface area contributed by atoms with Gasteiger partial charge in [0.05, 0.1) is 6.61 Å². The molecule has 0 aliphatic carbocycles. The fourth-order valence-electron chi connectivity index (χ4n) is 6.90. The number of aliphatic hydroxyl groups is 3. The van der Waals surface area contributed by atoms with Gasteiger partial charge in [0.15, 0.2) is 12.4 Å². The second-order valence-electron chi connectivity index (χ2n) is 16.1. The first kappa shape index (κ1) is 54.1. The fourth-order valence-corrected chi connectivity index (χ4v) is 7.59. The third-order valence-electron chi connectivity index (χ3n) is 10.5. The topological polar surface area (TPSA) is 186 Å². The van der Waals surface area contributed by atoms with Gasteiger partial charge in [0, 0.05) is 12.8 Å². The molecule has 0 spiro atoms. The summed E-state index contributed by atoms with van der Waals surface area (Å²) in [6, 6.07) is 0. The van der Waals surface area contributed by atoms with Gasteiger partial charge < -0.3 is 34.3 Å². The Bertz CT molecular complexity index is 1180. The molecule has 0 bridgehead atoms. The Hall–Kier alpha value is -1.87. The van der Waals surface area contributed by atoms with Crippen molar-refractivity contribution in [2.24, 2.45) is 0 Å². The smallest absolute Gasteiger partial charge is 0.306 e. The van der Waals surface area contributed by atoms with Crippen LogP contribution in [0.1, 0.15) is 194 Å². The highest BCUT2D eigenvalue weighted by molar-refractivity contribution is 7.85. The molecule has 0 radical (unpaired) electrons. The average molecular weight is 847 g/mol. The molecule has 0 aromatic rings. The van der Waals surface area contributed by atoms with Crippen LogP contribution in [0.2, 0.25) is 0 Å². The van der Waals surface area contributed by atoms with Gasteiger partial charge >= 0.3 is 11.9 Å². The first-order chi connectivity index (χ1) is 28.0. The molecule has 1 aliphatic rings. The number of rotatable bonds is 38. The number of esters is 2. The lowest BCUT2D eigenvalue weighted by Gasteiger charge is -2.40. The highest BCUT2D eigenvalue weighted by Crippen LogP contribution is 2.24. The van der Waals surface area contributed by atoms with Crippen molar-refractivity contribution in [3.63, 3.8) is 0 Å². The zero-order valence-corrected chi connectivity index (χ0v) is 37.0. The minimum Gasteiger partial charge on any atom is -0.462 e. The fraction of sp³-hybridized carbons (Fsp3) is 0.867. The Kier molecular flexibility index (Phi) is 33.5. The van der Waals surface area contributed by atoms with Crippen molar-refractivity contribution in [2.75, 3.05) is 19.0 Å². The van der Waals surface area contributed by atoms with E-state index in [1.54, 1.807) is 0 Å². The zero-order chi connectivity index (χ0) is 42.7. The number of allylic oxidation sites excluding steroid dienone is 4. The van der Waals surface area contributed by atoms with Crippen LogP contribution in [-0.2, 0) is 38.7 Å². The first-order valence-electron chi connectivity index (χ1n) is 22.9. The van der Waals surface area contributed by atoms with E-state index in [0.717, 1.165) is 64.2 Å². The van der Waals surface area contributed by atoms with Crippen LogP contribution in [0.3, 0.4) is 0 Å². The first-order valence-corrected chi connectivity index (χ1v) is 24.5. The SMILES string of the molecule is CCCCCC/C=C/CCCCCCCCCC(=O)OC[C@H](CO[C@H]1O[C@H](CS(=O)(=O)O)[C@@H](O)C(O)C1O)OC(=O)CCCCCCC/C=C/CCCCCCCC. The van der Waals surface area contributed by atoms with Gasteiger partial charge in [0.25, 0.3) is 10.1 Å². The summed E-state index contributed by atoms with van der Waals surface area (Å²) in [5.74, 6) is -1.99. The minimum absolute atomic E-state index is 0.155. The van der Waals surface area contributed by atoms with Gasteiger partial charge in [-0.05, 0) is 64.2 Å². The van der Waals surface area contributed by atoms with Gasteiger partial charge in [-0.15, -0.1) is 0 Å². The van der Waals surface area contributed by atoms with Crippen molar-refractivity contribution in [3.05, 3.63) is 24.3 Å². The van der Waals surface area contributed by atoms with Gasteiger partial charge in [0.2, 0.25) is 0 Å². The van der Waals surface area contributed by atoms with Crippen LogP contribution in [0.15, 0.2) is 24.3 Å². The summed E-state index contributed by atoms with van der Waals surface area (Å²) in [5.41, 5.74) is 0. The van der Waals surface area contributed by atoms with Crippen molar-refractivity contribution < 1.29 is 56.8 Å². The minimum atomic E-state index is -4.60. The Balaban J connectivity index is 2.45. The van der Waals surface area contributed by atoms with Crippen LogP contribution in [0, 0.1) is 0 Å². The Morgan fingerprint density at radius 3 is 1.45 bits per heavy atom. The average Bonchev–Trinajstić information content (AvgIpc) is 3.18. The number of hydrogen-bond acceptors (Lipinski definition) is 11. The van der Waals surface area contributed by atoms with E-state index < -0.39 is 71.2 Å². The summed E-state index contributed by atoms with van der Waals surface area (Å²) in [4.78, 5) is 25.4. The van der Waals surface area contributed by atoms with Gasteiger partial charge in [-0.25, -0.2) is 0 Å². The molecule has 0 saturated carbocycles. The van der Waals surface area contributed by atoms with E-state index in [2.05, 4.69) is 38.2 Å². The highest BCUT2D eigenvalue weighted by Gasteiger charge is 2.46. The lowest BCUT2D eigenvalue weighted by Crippen LogP contribution is -2.60. The van der Waals surface area contributed by atoms with E-state index in [1.807, 2.05) is 0 Å². The monoisotopic (exact) mass is 847 g/mol. The van der Waals surface area contributed by atoms with Gasteiger partial charge in [0.1, 0.15) is 36.8 Å². The molecule has 1 aliphatic heterocycles. The second kappa shape index (κ2) is 35.8. The molecule has 2 unspecified atom stereocenters. The maximum Gasteiger partial charge on any atom is 0.306 e. The standard InChI is InChI=1S/C45H82O12S/c1-3-5-7-9-11-13-15-17-19-21-23-25-27-29-31-33-40(46)54-35-38(36-55-45-44(50)43(49)42(48)39(57-45)37-58(51,52)53)56-41(47)34-32-30-28-26-24-22-20-18-16-14-12-10-8-6-4-2/h13,15,18,20,38-39,42-45,48-50H,3-12,14,16-17,19,21-37H2,1-2H3,(H,51,52,53)/b15-13+,20-18+/t38-,39-,42-,43?,44?,45+/m1/s1. The summed E-state index contributed by atoms with van der Waals surface area (Å²) >= 11 is 0. The van der Waals surface area contributed by atoms with E-state index in [9.17, 15) is 37.9 Å². The maximum atomic E-state index is 12.8. The highest BCUT2D eigenvalue weighted by atomic mass is 32.2. The molecule has 6 atom stereocenters. The molecular formula is C45H82O12S. The van der Waals surface area contributed by atoms with Crippen LogP contribution < -0.4 is 0 Å². The van der Waals surface area contributed by atoms with Gasteiger partial charge in [-0.3, -0.25) is 14.1 Å². The number of unbranched alkanes of at least 4 members (excludes halogenated alkanes) is 22. The van der Waals surface area contributed by atoms with E-state index in [4.69, 9.17) is 18.9 Å².